The number of likely N-dealkylation sites (N-methyl/N-ethyl adjacent to an activating group) is 1. The van der Waals surface area contributed by atoms with Crippen molar-refractivity contribution < 1.29 is 9.53 Å². The first-order valence-electron chi connectivity index (χ1n) is 11.9. The number of carbonyl (C=O) groups excluding carboxylic acids is 1. The Kier molecular flexibility index (Phi) is 7.39. The third-order valence-electron chi connectivity index (χ3n) is 6.03. The molecular weight excluding hydrogens is 478 g/mol. The molecule has 0 unspecified atom stereocenters. The number of piperidine rings is 1. The van der Waals surface area contributed by atoms with Crippen molar-refractivity contribution in [2.45, 2.75) is 57.0 Å². The molecule has 0 bridgehead atoms. The SMILES string of the molecule is C=CCn1c(=O)c2cnc(SC)nc2n1-c1cccc(N(C)[C@H]2CCCN(C(=O)OC(C)(C)C)C2)n1. The molecule has 1 saturated heterocycles. The first kappa shape index (κ1) is 25.7. The Morgan fingerprint density at radius 1 is 1.33 bits per heavy atom. The number of hydrogen-bond acceptors (Lipinski definition) is 8. The number of pyridine rings is 1. The molecule has 0 saturated carbocycles. The number of aromatic nitrogens is 5. The van der Waals surface area contributed by atoms with Gasteiger partial charge in [0.1, 0.15) is 16.8 Å². The second kappa shape index (κ2) is 10.3. The van der Waals surface area contributed by atoms with Crippen LogP contribution in [0.4, 0.5) is 10.6 Å². The van der Waals surface area contributed by atoms with Gasteiger partial charge in [0, 0.05) is 32.4 Å². The van der Waals surface area contributed by atoms with Crippen LogP contribution in [0.2, 0.25) is 0 Å². The van der Waals surface area contributed by atoms with Gasteiger partial charge in [-0.25, -0.2) is 29.1 Å². The largest absolute Gasteiger partial charge is 0.444 e. The van der Waals surface area contributed by atoms with Gasteiger partial charge in [0.2, 0.25) is 0 Å². The molecule has 0 N–H and O–H groups in total. The van der Waals surface area contributed by atoms with E-state index < -0.39 is 5.60 Å². The van der Waals surface area contributed by atoms with Crippen LogP contribution in [0.1, 0.15) is 33.6 Å². The summed E-state index contributed by atoms with van der Waals surface area (Å²) in [7, 11) is 1.98. The number of anilines is 1. The highest BCUT2D eigenvalue weighted by Gasteiger charge is 2.30. The molecule has 10 nitrogen and oxygen atoms in total. The molecule has 3 aromatic heterocycles. The lowest BCUT2D eigenvalue weighted by atomic mass is 10.0. The number of amides is 1. The number of hydrogen-bond donors (Lipinski definition) is 0. The Morgan fingerprint density at radius 2 is 2.11 bits per heavy atom. The minimum absolute atomic E-state index is 0.0798. The lowest BCUT2D eigenvalue weighted by Crippen LogP contribution is -2.50. The fraction of sp³-hybridized carbons (Fsp3) is 0.480. The van der Waals surface area contributed by atoms with E-state index in [-0.39, 0.29) is 17.7 Å². The Bertz CT molecular complexity index is 1330. The Morgan fingerprint density at radius 3 is 2.81 bits per heavy atom. The van der Waals surface area contributed by atoms with Gasteiger partial charge >= 0.3 is 6.09 Å². The zero-order chi connectivity index (χ0) is 26.0. The summed E-state index contributed by atoms with van der Waals surface area (Å²) in [6, 6.07) is 5.77. The van der Waals surface area contributed by atoms with Crippen LogP contribution in [-0.2, 0) is 11.3 Å². The number of thioether (sulfide) groups is 1. The molecule has 0 aromatic carbocycles. The van der Waals surface area contributed by atoms with Gasteiger partial charge in [0.25, 0.3) is 5.56 Å². The number of allylic oxidation sites excluding steroid dienone is 1. The maximum Gasteiger partial charge on any atom is 0.410 e. The zero-order valence-corrected chi connectivity index (χ0v) is 22.3. The summed E-state index contributed by atoms with van der Waals surface area (Å²) in [5, 5.41) is 1.00. The van der Waals surface area contributed by atoms with E-state index in [0.29, 0.717) is 41.6 Å². The van der Waals surface area contributed by atoms with E-state index in [1.165, 1.54) is 11.8 Å². The molecule has 192 valence electrons. The topological polar surface area (TPSA) is 98.4 Å². The minimum atomic E-state index is -0.535. The van der Waals surface area contributed by atoms with Crippen LogP contribution < -0.4 is 10.5 Å². The molecule has 36 heavy (non-hydrogen) atoms. The van der Waals surface area contributed by atoms with Crippen molar-refractivity contribution in [3.8, 4) is 5.82 Å². The average molecular weight is 512 g/mol. The maximum atomic E-state index is 13.1. The standard InChI is InChI=1S/C25H33N7O3S/c1-7-13-31-22(33)18-15-26-23(36-6)28-21(18)32(31)20-12-8-11-19(27-20)29(5)17-10-9-14-30(16-17)24(34)35-25(2,3)4/h7-8,11-12,15,17H,1,9-10,13-14,16H2,2-6H3/t17-/m0/s1. The van der Waals surface area contributed by atoms with Gasteiger partial charge in [-0.1, -0.05) is 23.9 Å². The first-order valence-corrected chi connectivity index (χ1v) is 13.2. The van der Waals surface area contributed by atoms with Gasteiger partial charge in [-0.3, -0.25) is 4.79 Å². The molecular formula is C25H33N7O3S. The third-order valence-corrected chi connectivity index (χ3v) is 6.59. The van der Waals surface area contributed by atoms with Gasteiger partial charge in [-0.2, -0.15) is 0 Å². The van der Waals surface area contributed by atoms with Crippen LogP contribution in [-0.4, -0.2) is 73.3 Å². The fourth-order valence-electron chi connectivity index (χ4n) is 4.31. The highest BCUT2D eigenvalue weighted by atomic mass is 32.2. The van der Waals surface area contributed by atoms with Crippen molar-refractivity contribution in [3.63, 3.8) is 0 Å². The minimum Gasteiger partial charge on any atom is -0.444 e. The van der Waals surface area contributed by atoms with Gasteiger partial charge < -0.3 is 14.5 Å². The quantitative estimate of drug-likeness (QED) is 0.281. The Labute approximate surface area is 215 Å². The maximum absolute atomic E-state index is 13.1. The summed E-state index contributed by atoms with van der Waals surface area (Å²) in [5.74, 6) is 1.31. The second-order valence-electron chi connectivity index (χ2n) is 9.77. The zero-order valence-electron chi connectivity index (χ0n) is 21.5. The molecule has 1 aliphatic rings. The molecule has 1 amide bonds. The van der Waals surface area contributed by atoms with Crippen molar-refractivity contribution >= 4 is 34.7 Å². The van der Waals surface area contributed by atoms with E-state index in [1.54, 1.807) is 26.5 Å². The molecule has 4 rings (SSSR count). The van der Waals surface area contributed by atoms with E-state index in [9.17, 15) is 9.59 Å². The molecule has 1 fully saturated rings. The molecule has 3 aromatic rings. The Balaban J connectivity index is 1.67. The van der Waals surface area contributed by atoms with E-state index in [0.717, 1.165) is 18.7 Å². The van der Waals surface area contributed by atoms with Gasteiger partial charge in [0.05, 0.1) is 6.54 Å². The lowest BCUT2D eigenvalue weighted by Gasteiger charge is -2.38. The summed E-state index contributed by atoms with van der Waals surface area (Å²) in [4.78, 5) is 43.4. The normalized spacial score (nSPS) is 16.2. The summed E-state index contributed by atoms with van der Waals surface area (Å²) < 4.78 is 8.87. The number of likely N-dealkylation sites (tertiary alicyclic amines) is 1. The predicted octanol–water partition coefficient (Wildman–Crippen LogP) is 3.72. The van der Waals surface area contributed by atoms with E-state index in [1.807, 2.05) is 52.3 Å². The molecule has 0 radical (unpaired) electrons. The average Bonchev–Trinajstić information content (AvgIpc) is 3.13. The van der Waals surface area contributed by atoms with E-state index >= 15 is 0 Å². The van der Waals surface area contributed by atoms with Crippen LogP contribution in [0.3, 0.4) is 0 Å². The number of ether oxygens (including phenoxy) is 1. The van der Waals surface area contributed by atoms with Crippen LogP contribution in [0.15, 0.2) is 47.0 Å². The van der Waals surface area contributed by atoms with Crippen LogP contribution in [0.25, 0.3) is 16.9 Å². The summed E-state index contributed by atoms with van der Waals surface area (Å²) in [6.45, 7) is 10.9. The first-order chi connectivity index (χ1) is 17.1. The second-order valence-corrected chi connectivity index (χ2v) is 10.5. The number of rotatable bonds is 6. The van der Waals surface area contributed by atoms with Crippen LogP contribution >= 0.6 is 11.8 Å². The third kappa shape index (κ3) is 5.25. The van der Waals surface area contributed by atoms with Crippen molar-refractivity contribution in [1.29, 1.82) is 0 Å². The lowest BCUT2D eigenvalue weighted by molar-refractivity contribution is 0.0199. The van der Waals surface area contributed by atoms with Crippen molar-refractivity contribution in [1.82, 2.24) is 29.2 Å². The van der Waals surface area contributed by atoms with E-state index in [4.69, 9.17) is 9.72 Å². The van der Waals surface area contributed by atoms with Crippen molar-refractivity contribution in [2.75, 3.05) is 31.3 Å². The Hall–Kier alpha value is -3.34. The molecule has 1 aliphatic heterocycles. The van der Waals surface area contributed by atoms with Gasteiger partial charge in [0.15, 0.2) is 16.6 Å². The number of fused-ring (bicyclic) bond motifs is 1. The fourth-order valence-corrected chi connectivity index (χ4v) is 4.64. The number of nitrogens with zero attached hydrogens (tertiary/aromatic N) is 7. The molecule has 4 heterocycles. The summed E-state index contributed by atoms with van der Waals surface area (Å²) in [5.41, 5.74) is -0.229. The van der Waals surface area contributed by atoms with Crippen LogP contribution in [0, 0.1) is 0 Å². The van der Waals surface area contributed by atoms with Crippen molar-refractivity contribution in [3.05, 3.63) is 47.4 Å². The smallest absolute Gasteiger partial charge is 0.410 e. The predicted molar refractivity (Wildman–Crippen MR) is 142 cm³/mol. The highest BCUT2D eigenvalue weighted by molar-refractivity contribution is 7.98. The summed E-state index contributed by atoms with van der Waals surface area (Å²) >= 11 is 1.41. The molecule has 0 aliphatic carbocycles. The molecule has 11 heteroatoms. The van der Waals surface area contributed by atoms with Crippen LogP contribution in [0.5, 0.6) is 0 Å². The molecule has 0 spiro atoms. The van der Waals surface area contributed by atoms with E-state index in [2.05, 4.69) is 21.4 Å². The van der Waals surface area contributed by atoms with Gasteiger partial charge in [-0.05, 0) is 52.0 Å². The summed E-state index contributed by atoms with van der Waals surface area (Å²) in [6.07, 6.45) is 6.64. The van der Waals surface area contributed by atoms with Crippen molar-refractivity contribution in [2.24, 2.45) is 0 Å². The van der Waals surface area contributed by atoms with Gasteiger partial charge in [-0.15, -0.1) is 6.58 Å². The molecule has 1 atom stereocenters. The monoisotopic (exact) mass is 511 g/mol. The highest BCUT2D eigenvalue weighted by Crippen LogP contribution is 2.24. The number of carbonyl (C=O) groups is 1.